The van der Waals surface area contributed by atoms with Crippen LogP contribution in [0.4, 0.5) is 0 Å². The average molecular weight is 295 g/mol. The third-order valence-electron chi connectivity index (χ3n) is 4.25. The van der Waals surface area contributed by atoms with Gasteiger partial charge in [-0.05, 0) is 26.9 Å². The molecule has 110 valence electrons. The van der Waals surface area contributed by atoms with Crippen LogP contribution >= 0.6 is 11.3 Å². The van der Waals surface area contributed by atoms with E-state index in [0.717, 1.165) is 49.6 Å². The molecule has 1 N–H and O–H groups in total. The third kappa shape index (κ3) is 2.87. The van der Waals surface area contributed by atoms with Gasteiger partial charge in [0, 0.05) is 38.0 Å². The zero-order valence-electron chi connectivity index (χ0n) is 12.0. The minimum Gasteiger partial charge on any atom is -0.477 e. The zero-order chi connectivity index (χ0) is 14.3. The maximum absolute atomic E-state index is 11.3. The predicted molar refractivity (Wildman–Crippen MR) is 78.7 cm³/mol. The van der Waals surface area contributed by atoms with Gasteiger partial charge in [0.25, 0.3) is 0 Å². The second-order valence-electron chi connectivity index (χ2n) is 6.00. The molecule has 0 radical (unpaired) electrons. The van der Waals surface area contributed by atoms with Gasteiger partial charge in [0.1, 0.15) is 4.88 Å². The number of piperazine rings is 1. The number of rotatable bonds is 4. The van der Waals surface area contributed by atoms with Gasteiger partial charge in [-0.3, -0.25) is 0 Å². The van der Waals surface area contributed by atoms with Crippen molar-refractivity contribution < 1.29 is 9.90 Å². The van der Waals surface area contributed by atoms with Crippen LogP contribution in [-0.4, -0.2) is 65.6 Å². The lowest BCUT2D eigenvalue weighted by Crippen LogP contribution is -2.50. The Hall–Kier alpha value is -0.980. The van der Waals surface area contributed by atoms with E-state index in [1.54, 1.807) is 0 Å². The van der Waals surface area contributed by atoms with Crippen LogP contribution in [-0.2, 0) is 6.42 Å². The van der Waals surface area contributed by atoms with Gasteiger partial charge < -0.3 is 14.9 Å². The fourth-order valence-corrected chi connectivity index (χ4v) is 3.83. The Morgan fingerprint density at radius 3 is 2.80 bits per heavy atom. The van der Waals surface area contributed by atoms with Gasteiger partial charge in [0.15, 0.2) is 0 Å². The highest BCUT2D eigenvalue weighted by Crippen LogP contribution is 2.42. The average Bonchev–Trinajstić information content (AvgIpc) is 3.15. The standard InChI is InChI=1S/C14H21N3O2S/c1-16-5-6-17(2)10(8-16)7-11-15-12(9-3-4-9)13(20-11)14(18)19/h9-10H,3-8H2,1-2H3,(H,18,19). The molecule has 1 unspecified atom stereocenters. The highest BCUT2D eigenvalue weighted by molar-refractivity contribution is 7.13. The van der Waals surface area contributed by atoms with E-state index in [9.17, 15) is 9.90 Å². The number of nitrogens with zero attached hydrogens (tertiary/aromatic N) is 3. The number of carboxylic acids is 1. The van der Waals surface area contributed by atoms with Gasteiger partial charge in [-0.2, -0.15) is 0 Å². The number of hydrogen-bond donors (Lipinski definition) is 1. The second kappa shape index (κ2) is 5.42. The highest BCUT2D eigenvalue weighted by atomic mass is 32.1. The van der Waals surface area contributed by atoms with E-state index in [1.165, 1.54) is 11.3 Å². The molecule has 20 heavy (non-hydrogen) atoms. The van der Waals surface area contributed by atoms with Gasteiger partial charge in [-0.25, -0.2) is 9.78 Å². The molecule has 2 fully saturated rings. The minimum absolute atomic E-state index is 0.401. The van der Waals surface area contributed by atoms with Crippen LogP contribution in [0, 0.1) is 0 Å². The minimum atomic E-state index is -0.815. The van der Waals surface area contributed by atoms with Crippen molar-refractivity contribution in [1.82, 2.24) is 14.8 Å². The first-order chi connectivity index (χ1) is 9.54. The quantitative estimate of drug-likeness (QED) is 0.912. The van der Waals surface area contributed by atoms with Gasteiger partial charge >= 0.3 is 5.97 Å². The van der Waals surface area contributed by atoms with Gasteiger partial charge in [0.05, 0.1) is 10.7 Å². The number of aromatic carboxylic acids is 1. The summed E-state index contributed by atoms with van der Waals surface area (Å²) in [5, 5.41) is 10.3. The first-order valence-electron chi connectivity index (χ1n) is 7.16. The summed E-state index contributed by atoms with van der Waals surface area (Å²) in [6.45, 7) is 3.18. The number of likely N-dealkylation sites (N-methyl/N-ethyl adjacent to an activating group) is 2. The number of aromatic nitrogens is 1. The molecule has 6 heteroatoms. The van der Waals surface area contributed by atoms with E-state index in [-0.39, 0.29) is 0 Å². The summed E-state index contributed by atoms with van der Waals surface area (Å²) in [6, 6.07) is 0.439. The summed E-state index contributed by atoms with van der Waals surface area (Å²) in [6.07, 6.45) is 3.05. The van der Waals surface area contributed by atoms with E-state index in [1.807, 2.05) is 0 Å². The molecular weight excluding hydrogens is 274 g/mol. The van der Waals surface area contributed by atoms with Crippen molar-refractivity contribution in [3.8, 4) is 0 Å². The van der Waals surface area contributed by atoms with Crippen molar-refractivity contribution >= 4 is 17.3 Å². The van der Waals surface area contributed by atoms with Crippen LogP contribution in [0.5, 0.6) is 0 Å². The number of carbonyl (C=O) groups is 1. The number of thiazole rings is 1. The molecule has 1 aliphatic carbocycles. The lowest BCUT2D eigenvalue weighted by atomic mass is 10.1. The SMILES string of the molecule is CN1CCN(C)C(Cc2nc(C3CC3)c(C(=O)O)s2)C1. The molecule has 1 atom stereocenters. The topological polar surface area (TPSA) is 56.7 Å². The molecule has 0 aromatic carbocycles. The van der Waals surface area contributed by atoms with Crippen molar-refractivity contribution in [3.63, 3.8) is 0 Å². The monoisotopic (exact) mass is 295 g/mol. The molecule has 0 spiro atoms. The van der Waals surface area contributed by atoms with Crippen molar-refractivity contribution in [1.29, 1.82) is 0 Å². The van der Waals surface area contributed by atoms with Crippen molar-refractivity contribution in [2.75, 3.05) is 33.7 Å². The zero-order valence-corrected chi connectivity index (χ0v) is 12.8. The second-order valence-corrected chi connectivity index (χ2v) is 7.09. The van der Waals surface area contributed by atoms with Gasteiger partial charge in [-0.15, -0.1) is 11.3 Å². The van der Waals surface area contributed by atoms with Crippen molar-refractivity contribution in [3.05, 3.63) is 15.6 Å². The lowest BCUT2D eigenvalue weighted by Gasteiger charge is -2.37. The predicted octanol–water partition coefficient (Wildman–Crippen LogP) is 1.51. The molecule has 2 aliphatic rings. The first kappa shape index (κ1) is 14.0. The molecule has 1 aliphatic heterocycles. The lowest BCUT2D eigenvalue weighted by molar-refractivity contribution is 0.0700. The van der Waals surface area contributed by atoms with E-state index in [2.05, 4.69) is 28.9 Å². The summed E-state index contributed by atoms with van der Waals surface area (Å²) in [5.74, 6) is -0.414. The molecule has 3 rings (SSSR count). The summed E-state index contributed by atoms with van der Waals surface area (Å²) >= 11 is 1.38. The van der Waals surface area contributed by atoms with Crippen LogP contribution in [0.25, 0.3) is 0 Å². The first-order valence-corrected chi connectivity index (χ1v) is 7.98. The fraction of sp³-hybridized carbons (Fsp3) is 0.714. The van der Waals surface area contributed by atoms with E-state index in [4.69, 9.17) is 0 Å². The van der Waals surface area contributed by atoms with Crippen LogP contribution < -0.4 is 0 Å². The molecule has 0 amide bonds. The fourth-order valence-electron chi connectivity index (χ4n) is 2.78. The normalized spacial score (nSPS) is 25.0. The van der Waals surface area contributed by atoms with Crippen LogP contribution in [0.15, 0.2) is 0 Å². The summed E-state index contributed by atoms with van der Waals surface area (Å²) in [5.41, 5.74) is 0.837. The largest absolute Gasteiger partial charge is 0.477 e. The maximum Gasteiger partial charge on any atom is 0.347 e. The number of carboxylic acid groups (broad SMARTS) is 1. The molecule has 1 aromatic heterocycles. The van der Waals surface area contributed by atoms with E-state index < -0.39 is 5.97 Å². The van der Waals surface area contributed by atoms with Crippen LogP contribution in [0.2, 0.25) is 0 Å². The van der Waals surface area contributed by atoms with E-state index in [0.29, 0.717) is 16.8 Å². The molecule has 1 aromatic rings. The summed E-state index contributed by atoms with van der Waals surface area (Å²) in [7, 11) is 4.28. The van der Waals surface area contributed by atoms with Gasteiger partial charge in [0.2, 0.25) is 0 Å². The van der Waals surface area contributed by atoms with Gasteiger partial charge in [-0.1, -0.05) is 0 Å². The van der Waals surface area contributed by atoms with E-state index >= 15 is 0 Å². The Bertz CT molecular complexity index is 513. The summed E-state index contributed by atoms with van der Waals surface area (Å²) < 4.78 is 0. The molecule has 5 nitrogen and oxygen atoms in total. The molecule has 2 heterocycles. The molecule has 0 bridgehead atoms. The Morgan fingerprint density at radius 1 is 1.40 bits per heavy atom. The molecular formula is C14H21N3O2S. The van der Waals surface area contributed by atoms with Crippen molar-refractivity contribution in [2.45, 2.75) is 31.2 Å². The smallest absolute Gasteiger partial charge is 0.347 e. The Kier molecular flexibility index (Phi) is 3.79. The third-order valence-corrected chi connectivity index (χ3v) is 5.33. The Morgan fingerprint density at radius 2 is 2.15 bits per heavy atom. The number of hydrogen-bond acceptors (Lipinski definition) is 5. The highest BCUT2D eigenvalue weighted by Gasteiger charge is 2.33. The summed E-state index contributed by atoms with van der Waals surface area (Å²) in [4.78, 5) is 21.1. The van der Waals surface area contributed by atoms with Crippen LogP contribution in [0.1, 0.15) is 39.1 Å². The Balaban J connectivity index is 1.76. The van der Waals surface area contributed by atoms with Crippen LogP contribution in [0.3, 0.4) is 0 Å². The molecule has 1 saturated carbocycles. The maximum atomic E-state index is 11.3. The van der Waals surface area contributed by atoms with Crippen molar-refractivity contribution in [2.24, 2.45) is 0 Å². The molecule has 1 saturated heterocycles. The Labute approximate surface area is 123 Å².